The third kappa shape index (κ3) is 2.67. The highest BCUT2D eigenvalue weighted by atomic mass is 16.6. The number of aromatic nitrogens is 1. The Hall–Kier alpha value is -2.76. The van der Waals surface area contributed by atoms with Gasteiger partial charge in [0.1, 0.15) is 5.75 Å². The molecule has 0 saturated carbocycles. The summed E-state index contributed by atoms with van der Waals surface area (Å²) >= 11 is 0. The summed E-state index contributed by atoms with van der Waals surface area (Å²) in [5.74, 6) is -0.0570. The molecule has 0 fully saturated rings. The Labute approximate surface area is 102 Å². The van der Waals surface area contributed by atoms with E-state index in [4.69, 9.17) is 0 Å². The van der Waals surface area contributed by atoms with Crippen molar-refractivity contribution in [1.29, 1.82) is 0 Å². The number of hydrogen-bond donors (Lipinski definition) is 1. The van der Waals surface area contributed by atoms with E-state index in [1.807, 2.05) is 0 Å². The van der Waals surface area contributed by atoms with Gasteiger partial charge in [-0.2, -0.15) is 0 Å². The van der Waals surface area contributed by atoms with Crippen LogP contribution in [-0.2, 0) is 0 Å². The number of pyridine rings is 1. The van der Waals surface area contributed by atoms with Gasteiger partial charge in [0.15, 0.2) is 0 Å². The summed E-state index contributed by atoms with van der Waals surface area (Å²) in [6.45, 7) is 0. The topological polar surface area (TPSA) is 88.6 Å². The monoisotopic (exact) mass is 243 g/mol. The molecule has 0 radical (unpaired) electrons. The van der Waals surface area contributed by atoms with Gasteiger partial charge in [-0.3, -0.25) is 20.1 Å². The van der Waals surface area contributed by atoms with E-state index in [1.54, 1.807) is 24.5 Å². The SMILES string of the molecule is O=[N+]([O-])c1ccc(O)c(C=Nc2ccncc2)c1. The van der Waals surface area contributed by atoms with Crippen LogP contribution in [0, 0.1) is 10.1 Å². The summed E-state index contributed by atoms with van der Waals surface area (Å²) in [6.07, 6.45) is 4.54. The molecule has 2 rings (SSSR count). The minimum atomic E-state index is -0.525. The van der Waals surface area contributed by atoms with E-state index in [0.29, 0.717) is 11.3 Å². The van der Waals surface area contributed by atoms with Crippen LogP contribution in [0.25, 0.3) is 0 Å². The Kier molecular flexibility index (Phi) is 3.29. The van der Waals surface area contributed by atoms with Crippen LogP contribution in [0.1, 0.15) is 5.56 Å². The lowest BCUT2D eigenvalue weighted by Gasteiger charge is -1.98. The number of phenols is 1. The molecule has 0 aliphatic rings. The smallest absolute Gasteiger partial charge is 0.270 e. The standard InChI is InChI=1S/C12H9N3O3/c16-12-2-1-11(15(17)18)7-9(12)8-14-10-3-5-13-6-4-10/h1-8,16H. The van der Waals surface area contributed by atoms with Crippen LogP contribution in [0.2, 0.25) is 0 Å². The Morgan fingerprint density at radius 1 is 1.28 bits per heavy atom. The Morgan fingerprint density at radius 3 is 2.67 bits per heavy atom. The lowest BCUT2D eigenvalue weighted by atomic mass is 10.2. The zero-order chi connectivity index (χ0) is 13.0. The molecule has 1 N–H and O–H groups in total. The fraction of sp³-hybridized carbons (Fsp3) is 0. The van der Waals surface area contributed by atoms with E-state index in [-0.39, 0.29) is 11.4 Å². The van der Waals surface area contributed by atoms with E-state index in [0.717, 1.165) is 0 Å². The first kappa shape index (κ1) is 11.7. The summed E-state index contributed by atoms with van der Waals surface area (Å²) in [7, 11) is 0. The molecule has 0 aliphatic carbocycles. The zero-order valence-corrected chi connectivity index (χ0v) is 9.22. The highest BCUT2D eigenvalue weighted by Crippen LogP contribution is 2.22. The molecule has 0 unspecified atom stereocenters. The fourth-order valence-electron chi connectivity index (χ4n) is 1.33. The van der Waals surface area contributed by atoms with Gasteiger partial charge in [0.2, 0.25) is 0 Å². The molecule has 1 aromatic heterocycles. The number of nitro benzene ring substituents is 1. The number of benzene rings is 1. The van der Waals surface area contributed by atoms with Crippen LogP contribution < -0.4 is 0 Å². The largest absolute Gasteiger partial charge is 0.507 e. The van der Waals surface area contributed by atoms with Gasteiger partial charge in [0, 0.05) is 36.3 Å². The molecule has 6 heteroatoms. The minimum absolute atomic E-state index is 0.0570. The molecule has 1 heterocycles. The van der Waals surface area contributed by atoms with Gasteiger partial charge in [-0.25, -0.2) is 0 Å². The van der Waals surface area contributed by atoms with Crippen LogP contribution in [0.15, 0.2) is 47.7 Å². The molecule has 0 saturated heterocycles. The Morgan fingerprint density at radius 2 is 2.00 bits per heavy atom. The third-order valence-electron chi connectivity index (χ3n) is 2.24. The first-order chi connectivity index (χ1) is 8.66. The number of aromatic hydroxyl groups is 1. The van der Waals surface area contributed by atoms with Gasteiger partial charge < -0.3 is 5.11 Å². The van der Waals surface area contributed by atoms with E-state index >= 15 is 0 Å². The van der Waals surface area contributed by atoms with Crippen molar-refractivity contribution in [2.75, 3.05) is 0 Å². The second kappa shape index (κ2) is 5.05. The maximum Gasteiger partial charge on any atom is 0.270 e. The van der Waals surface area contributed by atoms with E-state index in [2.05, 4.69) is 9.98 Å². The predicted molar refractivity (Wildman–Crippen MR) is 66.3 cm³/mol. The van der Waals surface area contributed by atoms with E-state index < -0.39 is 4.92 Å². The quantitative estimate of drug-likeness (QED) is 0.509. The van der Waals surface area contributed by atoms with Crippen molar-refractivity contribution in [3.8, 4) is 5.75 Å². The minimum Gasteiger partial charge on any atom is -0.507 e. The first-order valence-electron chi connectivity index (χ1n) is 5.08. The van der Waals surface area contributed by atoms with Gasteiger partial charge in [-0.1, -0.05) is 0 Å². The van der Waals surface area contributed by atoms with Gasteiger partial charge in [0.25, 0.3) is 5.69 Å². The number of nitro groups is 1. The van der Waals surface area contributed by atoms with Crippen molar-refractivity contribution in [1.82, 2.24) is 4.98 Å². The number of rotatable bonds is 3. The summed E-state index contributed by atoms with van der Waals surface area (Å²) in [4.78, 5) is 18.0. The van der Waals surface area contributed by atoms with Gasteiger partial charge in [0.05, 0.1) is 10.6 Å². The highest BCUT2D eigenvalue weighted by molar-refractivity contribution is 5.86. The van der Waals surface area contributed by atoms with Crippen molar-refractivity contribution in [3.05, 3.63) is 58.4 Å². The molecular formula is C12H9N3O3. The van der Waals surface area contributed by atoms with Gasteiger partial charge >= 0.3 is 0 Å². The van der Waals surface area contributed by atoms with Crippen molar-refractivity contribution in [2.45, 2.75) is 0 Å². The number of nitrogens with zero attached hydrogens (tertiary/aromatic N) is 3. The summed E-state index contributed by atoms with van der Waals surface area (Å²) in [5.41, 5.74) is 0.848. The van der Waals surface area contributed by atoms with Crippen molar-refractivity contribution in [3.63, 3.8) is 0 Å². The van der Waals surface area contributed by atoms with E-state index in [1.165, 1.54) is 24.4 Å². The number of hydrogen-bond acceptors (Lipinski definition) is 5. The zero-order valence-electron chi connectivity index (χ0n) is 9.22. The third-order valence-corrected chi connectivity index (χ3v) is 2.24. The molecule has 0 amide bonds. The summed E-state index contributed by atoms with van der Waals surface area (Å²) in [6, 6.07) is 7.14. The van der Waals surface area contributed by atoms with Crippen molar-refractivity contribution in [2.24, 2.45) is 4.99 Å². The van der Waals surface area contributed by atoms with Crippen LogP contribution in [0.5, 0.6) is 5.75 Å². The van der Waals surface area contributed by atoms with Crippen molar-refractivity contribution < 1.29 is 10.0 Å². The summed E-state index contributed by atoms with van der Waals surface area (Å²) in [5, 5.41) is 20.2. The first-order valence-corrected chi connectivity index (χ1v) is 5.08. The molecule has 0 atom stereocenters. The maximum atomic E-state index is 10.6. The van der Waals surface area contributed by atoms with Crippen LogP contribution in [0.3, 0.4) is 0 Å². The molecule has 90 valence electrons. The number of aliphatic imine (C=N–C) groups is 1. The Bertz CT molecular complexity index is 597. The second-order valence-electron chi connectivity index (χ2n) is 3.46. The molecule has 0 spiro atoms. The van der Waals surface area contributed by atoms with Crippen LogP contribution in [-0.4, -0.2) is 21.2 Å². The number of phenolic OH excluding ortho intramolecular Hbond substituents is 1. The summed E-state index contributed by atoms with van der Waals surface area (Å²) < 4.78 is 0. The number of non-ortho nitro benzene ring substituents is 1. The average molecular weight is 243 g/mol. The molecule has 2 aromatic rings. The van der Waals surface area contributed by atoms with Crippen molar-refractivity contribution >= 4 is 17.6 Å². The molecular weight excluding hydrogens is 234 g/mol. The molecule has 1 aromatic carbocycles. The fourth-order valence-corrected chi connectivity index (χ4v) is 1.33. The van der Waals surface area contributed by atoms with Crippen LogP contribution >= 0.6 is 0 Å². The maximum absolute atomic E-state index is 10.6. The molecule has 0 aliphatic heterocycles. The van der Waals surface area contributed by atoms with Gasteiger partial charge in [-0.05, 0) is 18.2 Å². The highest BCUT2D eigenvalue weighted by Gasteiger charge is 2.08. The average Bonchev–Trinajstić information content (AvgIpc) is 2.38. The van der Waals surface area contributed by atoms with Crippen LogP contribution in [0.4, 0.5) is 11.4 Å². The lowest BCUT2D eigenvalue weighted by Crippen LogP contribution is -1.90. The molecule has 0 bridgehead atoms. The van der Waals surface area contributed by atoms with E-state index in [9.17, 15) is 15.2 Å². The normalized spacial score (nSPS) is 10.7. The molecule has 6 nitrogen and oxygen atoms in total. The molecule has 18 heavy (non-hydrogen) atoms. The predicted octanol–water partition coefficient (Wildman–Crippen LogP) is 2.45. The van der Waals surface area contributed by atoms with Gasteiger partial charge in [-0.15, -0.1) is 0 Å². The Balaban J connectivity index is 2.31. The lowest BCUT2D eigenvalue weighted by molar-refractivity contribution is -0.384. The second-order valence-corrected chi connectivity index (χ2v) is 3.46.